The van der Waals surface area contributed by atoms with Crippen molar-refractivity contribution >= 4 is 11.7 Å². The Morgan fingerprint density at radius 3 is 3.05 bits per heavy atom. The zero-order valence-electron chi connectivity index (χ0n) is 10.7. The van der Waals surface area contributed by atoms with Crippen LogP contribution in [-0.2, 0) is 4.74 Å². The van der Waals surface area contributed by atoms with Crippen molar-refractivity contribution in [2.24, 2.45) is 0 Å². The maximum atomic E-state index is 13.5. The molecular weight excluding hydrogens is 254 g/mol. The number of nitrogens with zero attached hydrogens (tertiary/aromatic N) is 1. The van der Waals surface area contributed by atoms with Crippen LogP contribution < -0.4 is 5.32 Å². The Labute approximate surface area is 110 Å². The first-order valence-corrected chi connectivity index (χ1v) is 6.14. The zero-order valence-corrected chi connectivity index (χ0v) is 10.7. The average molecular weight is 270 g/mol. The Morgan fingerprint density at radius 1 is 1.53 bits per heavy atom. The van der Waals surface area contributed by atoms with Crippen LogP contribution in [0.5, 0.6) is 0 Å². The Bertz CT molecular complexity index is 468. The van der Waals surface area contributed by atoms with Gasteiger partial charge >= 0.3 is 6.03 Å². The van der Waals surface area contributed by atoms with Gasteiger partial charge in [0.15, 0.2) is 11.6 Å². The maximum Gasteiger partial charge on any atom is 0.322 e. The van der Waals surface area contributed by atoms with E-state index in [4.69, 9.17) is 4.74 Å². The summed E-state index contributed by atoms with van der Waals surface area (Å²) in [4.78, 5) is 13.6. The van der Waals surface area contributed by atoms with Crippen LogP contribution in [0.4, 0.5) is 19.3 Å². The number of urea groups is 1. The van der Waals surface area contributed by atoms with Gasteiger partial charge in [0, 0.05) is 13.7 Å². The van der Waals surface area contributed by atoms with Crippen molar-refractivity contribution in [3.8, 4) is 0 Å². The molecule has 104 valence electrons. The van der Waals surface area contributed by atoms with E-state index in [1.54, 1.807) is 12.0 Å². The van der Waals surface area contributed by atoms with E-state index in [0.717, 1.165) is 18.9 Å². The van der Waals surface area contributed by atoms with E-state index in [2.05, 4.69) is 5.32 Å². The van der Waals surface area contributed by atoms with E-state index in [0.29, 0.717) is 13.2 Å². The third kappa shape index (κ3) is 3.01. The topological polar surface area (TPSA) is 41.6 Å². The highest BCUT2D eigenvalue weighted by atomic mass is 19.2. The fourth-order valence-electron chi connectivity index (χ4n) is 2.26. The fraction of sp³-hybridized carbons (Fsp3) is 0.462. The Morgan fingerprint density at radius 2 is 2.32 bits per heavy atom. The lowest BCUT2D eigenvalue weighted by Crippen LogP contribution is -2.41. The summed E-state index contributed by atoms with van der Waals surface area (Å²) in [5.41, 5.74) is -0.145. The number of hydrogen-bond acceptors (Lipinski definition) is 2. The van der Waals surface area contributed by atoms with Gasteiger partial charge < -0.3 is 15.0 Å². The van der Waals surface area contributed by atoms with Gasteiger partial charge in [-0.1, -0.05) is 6.07 Å². The standard InChI is InChI=1S/C13H16F2N2O2/c1-19-8-9-4-3-7-17(9)13(18)16-11-6-2-5-10(14)12(11)15/h2,5-6,9H,3-4,7-8H2,1H3,(H,16,18)/t9-/m0/s1. The van der Waals surface area contributed by atoms with Crippen LogP contribution in [0.1, 0.15) is 12.8 Å². The molecule has 1 aromatic carbocycles. The minimum atomic E-state index is -1.04. The van der Waals surface area contributed by atoms with Crippen molar-refractivity contribution < 1.29 is 18.3 Å². The van der Waals surface area contributed by atoms with Gasteiger partial charge in [0.05, 0.1) is 18.3 Å². The number of amides is 2. The molecular formula is C13H16F2N2O2. The summed E-state index contributed by atoms with van der Waals surface area (Å²) in [6.07, 6.45) is 1.74. The first kappa shape index (κ1) is 13.7. The Balaban J connectivity index is 2.06. The molecule has 0 spiro atoms. The predicted molar refractivity (Wildman–Crippen MR) is 67.0 cm³/mol. The lowest BCUT2D eigenvalue weighted by molar-refractivity contribution is 0.128. The summed E-state index contributed by atoms with van der Waals surface area (Å²) in [6, 6.07) is 3.25. The lowest BCUT2D eigenvalue weighted by atomic mass is 10.2. The number of likely N-dealkylation sites (tertiary alicyclic amines) is 1. The SMILES string of the molecule is COC[C@@H]1CCCN1C(=O)Nc1cccc(F)c1F. The number of nitrogens with one attached hydrogen (secondary N) is 1. The van der Waals surface area contributed by atoms with Crippen molar-refractivity contribution in [1.29, 1.82) is 0 Å². The van der Waals surface area contributed by atoms with Crippen LogP contribution in [0.15, 0.2) is 18.2 Å². The molecule has 19 heavy (non-hydrogen) atoms. The molecule has 1 saturated heterocycles. The molecule has 4 nitrogen and oxygen atoms in total. The molecule has 1 aliphatic rings. The average Bonchev–Trinajstić information content (AvgIpc) is 2.84. The zero-order chi connectivity index (χ0) is 13.8. The maximum absolute atomic E-state index is 13.5. The summed E-state index contributed by atoms with van der Waals surface area (Å²) in [5, 5.41) is 2.40. The molecule has 1 heterocycles. The number of carbonyl (C=O) groups is 1. The number of carbonyl (C=O) groups excluding carboxylic acids is 1. The first-order valence-electron chi connectivity index (χ1n) is 6.14. The number of hydrogen-bond donors (Lipinski definition) is 1. The molecule has 0 bridgehead atoms. The van der Waals surface area contributed by atoms with Gasteiger partial charge in [-0.05, 0) is 25.0 Å². The van der Waals surface area contributed by atoms with Crippen molar-refractivity contribution in [2.75, 3.05) is 25.6 Å². The van der Waals surface area contributed by atoms with Crippen LogP contribution in [-0.4, -0.2) is 37.2 Å². The highest BCUT2D eigenvalue weighted by Gasteiger charge is 2.29. The minimum absolute atomic E-state index is 0.0124. The lowest BCUT2D eigenvalue weighted by Gasteiger charge is -2.24. The van der Waals surface area contributed by atoms with E-state index in [-0.39, 0.29) is 11.7 Å². The summed E-state index contributed by atoms with van der Waals surface area (Å²) in [6.45, 7) is 1.04. The van der Waals surface area contributed by atoms with Crippen LogP contribution in [0.3, 0.4) is 0 Å². The fourth-order valence-corrected chi connectivity index (χ4v) is 2.26. The molecule has 6 heteroatoms. The number of methoxy groups -OCH3 is 1. The number of halogens is 2. The second kappa shape index (κ2) is 5.97. The normalized spacial score (nSPS) is 18.7. The smallest absolute Gasteiger partial charge is 0.322 e. The van der Waals surface area contributed by atoms with Gasteiger partial charge in [0.1, 0.15) is 0 Å². The van der Waals surface area contributed by atoms with E-state index in [1.165, 1.54) is 12.1 Å². The molecule has 1 aliphatic heterocycles. The van der Waals surface area contributed by atoms with E-state index in [9.17, 15) is 13.6 Å². The summed E-state index contributed by atoms with van der Waals surface area (Å²) in [5.74, 6) is -2.02. The number of rotatable bonds is 3. The van der Waals surface area contributed by atoms with E-state index >= 15 is 0 Å². The molecule has 0 aromatic heterocycles. The number of ether oxygens (including phenoxy) is 1. The second-order valence-corrected chi connectivity index (χ2v) is 4.48. The van der Waals surface area contributed by atoms with Gasteiger partial charge in [-0.25, -0.2) is 13.6 Å². The number of benzene rings is 1. The first-order chi connectivity index (χ1) is 9.13. The monoisotopic (exact) mass is 270 g/mol. The molecule has 1 aromatic rings. The molecule has 0 saturated carbocycles. The Kier molecular flexibility index (Phi) is 4.31. The van der Waals surface area contributed by atoms with Crippen molar-refractivity contribution in [1.82, 2.24) is 4.90 Å². The van der Waals surface area contributed by atoms with Gasteiger partial charge in [-0.3, -0.25) is 0 Å². The highest BCUT2D eigenvalue weighted by Crippen LogP contribution is 2.21. The summed E-state index contributed by atoms with van der Waals surface area (Å²) in [7, 11) is 1.57. The molecule has 2 rings (SSSR count). The second-order valence-electron chi connectivity index (χ2n) is 4.48. The molecule has 0 radical (unpaired) electrons. The van der Waals surface area contributed by atoms with Crippen molar-refractivity contribution in [3.05, 3.63) is 29.8 Å². The molecule has 2 amide bonds. The van der Waals surface area contributed by atoms with Gasteiger partial charge in [0.2, 0.25) is 0 Å². The largest absolute Gasteiger partial charge is 0.383 e. The molecule has 1 fully saturated rings. The molecule has 1 N–H and O–H groups in total. The minimum Gasteiger partial charge on any atom is -0.383 e. The highest BCUT2D eigenvalue weighted by molar-refractivity contribution is 5.89. The van der Waals surface area contributed by atoms with Crippen LogP contribution >= 0.6 is 0 Å². The van der Waals surface area contributed by atoms with Gasteiger partial charge in [-0.2, -0.15) is 0 Å². The molecule has 0 unspecified atom stereocenters. The van der Waals surface area contributed by atoms with Crippen molar-refractivity contribution in [3.63, 3.8) is 0 Å². The number of anilines is 1. The van der Waals surface area contributed by atoms with Gasteiger partial charge in [-0.15, -0.1) is 0 Å². The third-order valence-corrected chi connectivity index (χ3v) is 3.19. The molecule has 0 aliphatic carbocycles. The van der Waals surface area contributed by atoms with Crippen LogP contribution in [0.2, 0.25) is 0 Å². The van der Waals surface area contributed by atoms with E-state index < -0.39 is 17.7 Å². The molecule has 1 atom stereocenters. The summed E-state index contributed by atoms with van der Waals surface area (Å²) >= 11 is 0. The summed E-state index contributed by atoms with van der Waals surface area (Å²) < 4.78 is 31.5. The van der Waals surface area contributed by atoms with Crippen LogP contribution in [0, 0.1) is 11.6 Å². The Hall–Kier alpha value is -1.69. The third-order valence-electron chi connectivity index (χ3n) is 3.19. The quantitative estimate of drug-likeness (QED) is 0.917. The van der Waals surface area contributed by atoms with Gasteiger partial charge in [0.25, 0.3) is 0 Å². The van der Waals surface area contributed by atoms with E-state index in [1.807, 2.05) is 0 Å². The van der Waals surface area contributed by atoms with Crippen molar-refractivity contribution in [2.45, 2.75) is 18.9 Å². The predicted octanol–water partition coefficient (Wildman–Crippen LogP) is 2.61. The van der Waals surface area contributed by atoms with Crippen LogP contribution in [0.25, 0.3) is 0 Å².